The van der Waals surface area contributed by atoms with Gasteiger partial charge < -0.3 is 10.2 Å². The minimum atomic E-state index is 0.788. The zero-order chi connectivity index (χ0) is 13.0. The van der Waals surface area contributed by atoms with Gasteiger partial charge in [0.25, 0.3) is 0 Å². The van der Waals surface area contributed by atoms with Gasteiger partial charge >= 0.3 is 0 Å². The van der Waals surface area contributed by atoms with Gasteiger partial charge in [-0.2, -0.15) is 0 Å². The van der Waals surface area contributed by atoms with Crippen molar-refractivity contribution in [3.63, 3.8) is 0 Å². The fourth-order valence-electron chi connectivity index (χ4n) is 2.46. The zero-order valence-corrected chi connectivity index (χ0v) is 13.1. The fourth-order valence-corrected chi connectivity index (χ4v) is 3.05. The van der Waals surface area contributed by atoms with Crippen molar-refractivity contribution in [2.75, 3.05) is 26.2 Å². The van der Waals surface area contributed by atoms with Crippen LogP contribution in [0.15, 0.2) is 22.7 Å². The summed E-state index contributed by atoms with van der Waals surface area (Å²) in [6.07, 6.45) is 1.31. The summed E-state index contributed by atoms with van der Waals surface area (Å²) in [7, 11) is 0. The number of rotatable bonds is 5. The first-order valence-electron chi connectivity index (χ1n) is 6.56. The number of nitrogens with one attached hydrogen (secondary N) is 1. The van der Waals surface area contributed by atoms with Gasteiger partial charge in [-0.3, -0.25) is 0 Å². The molecule has 4 heteroatoms. The van der Waals surface area contributed by atoms with Crippen molar-refractivity contribution in [1.82, 2.24) is 10.2 Å². The first-order valence-corrected chi connectivity index (χ1v) is 7.73. The summed E-state index contributed by atoms with van der Waals surface area (Å²) in [5.41, 5.74) is 1.16. The SMILES string of the molecule is CCN1CCC(CNCc2cc(Br)ccc2Cl)C1. The highest BCUT2D eigenvalue weighted by Crippen LogP contribution is 2.21. The van der Waals surface area contributed by atoms with E-state index in [2.05, 4.69) is 39.1 Å². The van der Waals surface area contributed by atoms with Crippen molar-refractivity contribution in [3.8, 4) is 0 Å². The highest BCUT2D eigenvalue weighted by Gasteiger charge is 2.20. The maximum Gasteiger partial charge on any atom is 0.0451 e. The van der Waals surface area contributed by atoms with Gasteiger partial charge in [0.05, 0.1) is 0 Å². The Morgan fingerprint density at radius 3 is 3.06 bits per heavy atom. The molecule has 0 amide bonds. The van der Waals surface area contributed by atoms with Crippen LogP contribution in [0.4, 0.5) is 0 Å². The Hall–Kier alpha value is -0.0900. The largest absolute Gasteiger partial charge is 0.312 e. The van der Waals surface area contributed by atoms with Gasteiger partial charge in [-0.1, -0.05) is 34.5 Å². The Bertz CT molecular complexity index is 397. The maximum absolute atomic E-state index is 6.17. The van der Waals surface area contributed by atoms with Crippen LogP contribution < -0.4 is 5.32 Å². The van der Waals surface area contributed by atoms with Gasteiger partial charge in [0, 0.05) is 22.6 Å². The molecule has 0 aromatic heterocycles. The summed E-state index contributed by atoms with van der Waals surface area (Å²) < 4.78 is 1.08. The van der Waals surface area contributed by atoms with Gasteiger partial charge in [0.1, 0.15) is 0 Å². The Morgan fingerprint density at radius 2 is 2.33 bits per heavy atom. The zero-order valence-electron chi connectivity index (χ0n) is 10.8. The lowest BCUT2D eigenvalue weighted by Crippen LogP contribution is -2.26. The summed E-state index contributed by atoms with van der Waals surface area (Å²) in [5.74, 6) is 0.788. The molecule has 1 fully saturated rings. The quantitative estimate of drug-likeness (QED) is 0.888. The lowest BCUT2D eigenvalue weighted by Gasteiger charge is -2.14. The topological polar surface area (TPSA) is 15.3 Å². The van der Waals surface area contributed by atoms with Gasteiger partial charge in [0.15, 0.2) is 0 Å². The molecule has 1 atom stereocenters. The summed E-state index contributed by atoms with van der Waals surface area (Å²) in [6.45, 7) is 7.82. The van der Waals surface area contributed by atoms with Crippen molar-refractivity contribution in [2.24, 2.45) is 5.92 Å². The van der Waals surface area contributed by atoms with E-state index >= 15 is 0 Å². The van der Waals surface area contributed by atoms with E-state index in [4.69, 9.17) is 11.6 Å². The summed E-state index contributed by atoms with van der Waals surface area (Å²) in [6, 6.07) is 6.00. The second-order valence-corrected chi connectivity index (χ2v) is 6.24. The number of halogens is 2. The van der Waals surface area contributed by atoms with Crippen LogP contribution in [0.1, 0.15) is 18.9 Å². The van der Waals surface area contributed by atoms with Crippen molar-refractivity contribution >= 4 is 27.5 Å². The average Bonchev–Trinajstić information content (AvgIpc) is 2.81. The highest BCUT2D eigenvalue weighted by molar-refractivity contribution is 9.10. The van der Waals surface area contributed by atoms with Gasteiger partial charge in [-0.05, 0) is 55.7 Å². The van der Waals surface area contributed by atoms with Gasteiger partial charge in [0.2, 0.25) is 0 Å². The lowest BCUT2D eigenvalue weighted by molar-refractivity contribution is 0.339. The smallest absolute Gasteiger partial charge is 0.0451 e. The molecule has 0 spiro atoms. The van der Waals surface area contributed by atoms with E-state index < -0.39 is 0 Å². The number of nitrogens with zero attached hydrogens (tertiary/aromatic N) is 1. The molecule has 1 saturated heterocycles. The molecule has 1 aromatic carbocycles. The van der Waals surface area contributed by atoms with Crippen LogP contribution in [0.25, 0.3) is 0 Å². The van der Waals surface area contributed by atoms with E-state index in [-0.39, 0.29) is 0 Å². The highest BCUT2D eigenvalue weighted by atomic mass is 79.9. The molecule has 0 saturated carbocycles. The van der Waals surface area contributed by atoms with Crippen LogP contribution >= 0.6 is 27.5 Å². The van der Waals surface area contributed by atoms with Gasteiger partial charge in [-0.15, -0.1) is 0 Å². The molecular formula is C14H20BrClN2. The molecule has 1 aromatic rings. The van der Waals surface area contributed by atoms with Crippen LogP contribution in [-0.2, 0) is 6.54 Å². The summed E-state index contributed by atoms with van der Waals surface area (Å²) in [5, 5.41) is 4.36. The molecule has 2 rings (SSSR count). The molecule has 0 radical (unpaired) electrons. The molecule has 1 heterocycles. The van der Waals surface area contributed by atoms with Crippen LogP contribution in [0.3, 0.4) is 0 Å². The van der Waals surface area contributed by atoms with E-state index in [1.807, 2.05) is 12.1 Å². The van der Waals surface area contributed by atoms with E-state index in [1.165, 1.54) is 26.1 Å². The average molecular weight is 332 g/mol. The number of likely N-dealkylation sites (tertiary alicyclic amines) is 1. The third-order valence-corrected chi connectivity index (χ3v) is 4.44. The minimum Gasteiger partial charge on any atom is -0.312 e. The van der Waals surface area contributed by atoms with Crippen LogP contribution in [0.5, 0.6) is 0 Å². The third-order valence-electron chi connectivity index (χ3n) is 3.57. The molecule has 1 aliphatic heterocycles. The second kappa shape index (κ2) is 6.90. The van der Waals surface area contributed by atoms with Crippen molar-refractivity contribution in [3.05, 3.63) is 33.3 Å². The number of hydrogen-bond donors (Lipinski definition) is 1. The molecule has 1 aliphatic rings. The lowest BCUT2D eigenvalue weighted by atomic mass is 10.1. The van der Waals surface area contributed by atoms with E-state index in [9.17, 15) is 0 Å². The number of benzene rings is 1. The number of hydrogen-bond acceptors (Lipinski definition) is 2. The summed E-state index contributed by atoms with van der Waals surface area (Å²) in [4.78, 5) is 2.51. The van der Waals surface area contributed by atoms with Crippen LogP contribution in [0.2, 0.25) is 5.02 Å². The minimum absolute atomic E-state index is 0.788. The molecule has 0 bridgehead atoms. The molecule has 100 valence electrons. The van der Waals surface area contributed by atoms with E-state index in [1.54, 1.807) is 0 Å². The van der Waals surface area contributed by atoms with E-state index in [0.29, 0.717) is 0 Å². The second-order valence-electron chi connectivity index (χ2n) is 4.91. The standard InChI is InChI=1S/C14H20BrClN2/c1-2-18-6-5-11(10-18)8-17-9-12-7-13(15)3-4-14(12)16/h3-4,7,11,17H,2,5-6,8-10H2,1H3. The first kappa shape index (κ1) is 14.3. The Labute approximate surface area is 123 Å². The first-order chi connectivity index (χ1) is 8.69. The Balaban J connectivity index is 1.77. The molecule has 0 aliphatic carbocycles. The molecule has 1 N–H and O–H groups in total. The molecular weight excluding hydrogens is 312 g/mol. The Morgan fingerprint density at radius 1 is 1.50 bits per heavy atom. The normalized spacial score (nSPS) is 20.5. The molecule has 2 nitrogen and oxygen atoms in total. The van der Waals surface area contributed by atoms with Gasteiger partial charge in [-0.25, -0.2) is 0 Å². The Kier molecular flexibility index (Phi) is 5.49. The summed E-state index contributed by atoms with van der Waals surface area (Å²) >= 11 is 9.65. The van der Waals surface area contributed by atoms with E-state index in [0.717, 1.165) is 34.1 Å². The van der Waals surface area contributed by atoms with Crippen LogP contribution in [0, 0.1) is 5.92 Å². The maximum atomic E-state index is 6.17. The monoisotopic (exact) mass is 330 g/mol. The van der Waals surface area contributed by atoms with Crippen molar-refractivity contribution in [1.29, 1.82) is 0 Å². The predicted molar refractivity (Wildman–Crippen MR) is 81.1 cm³/mol. The molecule has 18 heavy (non-hydrogen) atoms. The fraction of sp³-hybridized carbons (Fsp3) is 0.571. The predicted octanol–water partition coefficient (Wildman–Crippen LogP) is 3.53. The molecule has 1 unspecified atom stereocenters. The van der Waals surface area contributed by atoms with Crippen LogP contribution in [-0.4, -0.2) is 31.1 Å². The third kappa shape index (κ3) is 3.95. The van der Waals surface area contributed by atoms with Crippen molar-refractivity contribution < 1.29 is 0 Å². The van der Waals surface area contributed by atoms with Crippen molar-refractivity contribution in [2.45, 2.75) is 19.9 Å².